The fourth-order valence-corrected chi connectivity index (χ4v) is 5.81. The van der Waals surface area contributed by atoms with Gasteiger partial charge in [-0.15, -0.1) is 0 Å². The zero-order valence-corrected chi connectivity index (χ0v) is 21.6. The molecule has 13 heteroatoms. The van der Waals surface area contributed by atoms with Gasteiger partial charge in [-0.1, -0.05) is 19.3 Å². The molecule has 0 heterocycles. The second-order valence-corrected chi connectivity index (χ2v) is 11.8. The molecule has 0 bridgehead atoms. The number of sulfonamides is 1. The predicted octanol–water partition coefficient (Wildman–Crippen LogP) is 4.49. The van der Waals surface area contributed by atoms with Gasteiger partial charge in [0.15, 0.2) is 0 Å². The number of benzene rings is 1. The van der Waals surface area contributed by atoms with Gasteiger partial charge in [-0.2, -0.15) is 13.2 Å². The van der Waals surface area contributed by atoms with E-state index in [2.05, 4.69) is 26.6 Å². The highest BCUT2D eigenvalue weighted by molar-refractivity contribution is 9.10. The van der Waals surface area contributed by atoms with Crippen molar-refractivity contribution < 1.29 is 36.2 Å². The van der Waals surface area contributed by atoms with E-state index in [1.165, 1.54) is 16.9 Å². The van der Waals surface area contributed by atoms with E-state index in [9.17, 15) is 31.5 Å². The molecule has 0 radical (unpaired) electrons. The maximum atomic E-state index is 12.4. The number of aliphatic hydroxyl groups is 1. The summed E-state index contributed by atoms with van der Waals surface area (Å²) < 4.78 is 68.5. The van der Waals surface area contributed by atoms with Crippen LogP contribution in [0.15, 0.2) is 27.6 Å². The standard InChI is InChI=1S/C21H31BrF3N3O5S/c1-20(2,3)33-19(30)28-17(13-7-5-4-6-8-13)18(29)27-14-9-10-16(15(22)11-14)34(31,32)26-12-21(23,24)25/h9-11,13,17-18,26-27,29H,4-8,12H2,1-3H3,(H,28,30)/t17-,18-/m0/s1. The van der Waals surface area contributed by atoms with Crippen LogP contribution >= 0.6 is 15.9 Å². The van der Waals surface area contributed by atoms with E-state index in [0.717, 1.165) is 38.2 Å². The molecule has 34 heavy (non-hydrogen) atoms. The first-order valence-electron chi connectivity index (χ1n) is 10.9. The summed E-state index contributed by atoms with van der Waals surface area (Å²) in [7, 11) is -4.42. The second kappa shape index (κ2) is 11.4. The largest absolute Gasteiger partial charge is 0.444 e. The Morgan fingerprint density at radius 1 is 1.21 bits per heavy atom. The van der Waals surface area contributed by atoms with E-state index in [4.69, 9.17) is 4.74 Å². The smallest absolute Gasteiger partial charge is 0.408 e. The maximum Gasteiger partial charge on any atom is 0.408 e. The van der Waals surface area contributed by atoms with Crippen LogP contribution in [-0.2, 0) is 14.8 Å². The van der Waals surface area contributed by atoms with Crippen LogP contribution in [0.25, 0.3) is 0 Å². The lowest BCUT2D eigenvalue weighted by Gasteiger charge is -2.35. The SMILES string of the molecule is CC(C)(C)OC(=O)N[C@@H](C1CCCCC1)[C@H](O)Nc1ccc(S(=O)(=O)NCC(F)(F)F)c(Br)c1. The van der Waals surface area contributed by atoms with Crippen molar-refractivity contribution in [1.82, 2.24) is 10.0 Å². The van der Waals surface area contributed by atoms with Gasteiger partial charge in [0.25, 0.3) is 0 Å². The summed E-state index contributed by atoms with van der Waals surface area (Å²) in [5.41, 5.74) is -0.410. The van der Waals surface area contributed by atoms with Crippen molar-refractivity contribution in [1.29, 1.82) is 0 Å². The Kier molecular flexibility index (Phi) is 9.65. The third-order valence-corrected chi connectivity index (χ3v) is 7.56. The average molecular weight is 574 g/mol. The van der Waals surface area contributed by atoms with Crippen LogP contribution in [0.4, 0.5) is 23.7 Å². The van der Waals surface area contributed by atoms with Crippen molar-refractivity contribution in [2.45, 2.75) is 81.8 Å². The molecule has 8 nitrogen and oxygen atoms in total. The van der Waals surface area contributed by atoms with E-state index in [-0.39, 0.29) is 15.3 Å². The molecule has 0 saturated heterocycles. The van der Waals surface area contributed by atoms with Crippen LogP contribution < -0.4 is 15.4 Å². The number of amides is 1. The molecule has 1 aromatic carbocycles. The Morgan fingerprint density at radius 3 is 2.35 bits per heavy atom. The molecule has 0 unspecified atom stereocenters. The van der Waals surface area contributed by atoms with Gasteiger partial charge in [0.05, 0.1) is 10.9 Å². The van der Waals surface area contributed by atoms with Crippen LogP contribution in [0, 0.1) is 5.92 Å². The fourth-order valence-electron chi connectivity index (χ4n) is 3.72. The van der Waals surface area contributed by atoms with Crippen molar-refractivity contribution in [3.05, 3.63) is 22.7 Å². The Morgan fingerprint density at radius 2 is 1.82 bits per heavy atom. The van der Waals surface area contributed by atoms with Gasteiger partial charge < -0.3 is 20.5 Å². The fraction of sp³-hybridized carbons (Fsp3) is 0.667. The summed E-state index contributed by atoms with van der Waals surface area (Å²) in [6, 6.07) is 3.10. The van der Waals surface area contributed by atoms with Gasteiger partial charge in [-0.3, -0.25) is 0 Å². The van der Waals surface area contributed by atoms with Crippen molar-refractivity contribution >= 4 is 37.7 Å². The Balaban J connectivity index is 2.16. The van der Waals surface area contributed by atoms with Gasteiger partial charge in [0.1, 0.15) is 18.4 Å². The minimum atomic E-state index is -4.69. The first kappa shape index (κ1) is 28.7. The number of anilines is 1. The van der Waals surface area contributed by atoms with Crippen LogP contribution in [0.3, 0.4) is 0 Å². The average Bonchev–Trinajstić information content (AvgIpc) is 2.69. The van der Waals surface area contributed by atoms with Gasteiger partial charge in [-0.25, -0.2) is 17.9 Å². The molecule has 2 rings (SSSR count). The lowest BCUT2D eigenvalue weighted by Crippen LogP contribution is -2.52. The number of ether oxygens (including phenoxy) is 1. The number of alkyl halides is 3. The van der Waals surface area contributed by atoms with Crippen LogP contribution in [0.5, 0.6) is 0 Å². The first-order valence-corrected chi connectivity index (χ1v) is 13.1. The normalized spacial score (nSPS) is 17.6. The number of carbonyl (C=O) groups excluding carboxylic acids is 1. The number of rotatable bonds is 8. The van der Waals surface area contributed by atoms with E-state index < -0.39 is 46.7 Å². The summed E-state index contributed by atoms with van der Waals surface area (Å²) in [5, 5.41) is 16.5. The lowest BCUT2D eigenvalue weighted by molar-refractivity contribution is -0.121. The Hall–Kier alpha value is -1.57. The summed E-state index contributed by atoms with van der Waals surface area (Å²) >= 11 is 3.07. The molecule has 1 aliphatic carbocycles. The number of aliphatic hydroxyl groups excluding tert-OH is 1. The van der Waals surface area contributed by atoms with Crippen molar-refractivity contribution in [2.24, 2.45) is 5.92 Å². The van der Waals surface area contributed by atoms with Gasteiger partial charge in [-0.05, 0) is 73.7 Å². The molecule has 1 amide bonds. The molecule has 0 spiro atoms. The van der Waals surface area contributed by atoms with Crippen molar-refractivity contribution in [3.8, 4) is 0 Å². The number of halogens is 4. The van der Waals surface area contributed by atoms with Gasteiger partial charge in [0.2, 0.25) is 10.0 Å². The van der Waals surface area contributed by atoms with Crippen molar-refractivity contribution in [2.75, 3.05) is 11.9 Å². The molecule has 1 aromatic rings. The first-order chi connectivity index (χ1) is 15.6. The van der Waals surface area contributed by atoms with Gasteiger partial charge >= 0.3 is 12.3 Å². The van der Waals surface area contributed by atoms with E-state index >= 15 is 0 Å². The number of alkyl carbamates (subject to hydrolysis) is 1. The zero-order chi connectivity index (χ0) is 25.7. The van der Waals surface area contributed by atoms with Crippen LogP contribution in [-0.4, -0.2) is 50.2 Å². The van der Waals surface area contributed by atoms with Crippen molar-refractivity contribution in [3.63, 3.8) is 0 Å². The minimum absolute atomic E-state index is 0.00145. The molecule has 4 N–H and O–H groups in total. The topological polar surface area (TPSA) is 117 Å². The van der Waals surface area contributed by atoms with E-state index in [0.29, 0.717) is 5.69 Å². The zero-order valence-electron chi connectivity index (χ0n) is 19.2. The quantitative estimate of drug-likeness (QED) is 0.340. The number of nitrogens with one attached hydrogen (secondary N) is 3. The molecule has 0 aliphatic heterocycles. The molecule has 1 aliphatic rings. The third-order valence-electron chi connectivity index (χ3n) is 5.18. The molecule has 2 atom stereocenters. The van der Waals surface area contributed by atoms with Crippen LogP contribution in [0.1, 0.15) is 52.9 Å². The summed E-state index contributed by atoms with van der Waals surface area (Å²) in [4.78, 5) is 12.0. The van der Waals surface area contributed by atoms with Gasteiger partial charge in [0, 0.05) is 10.2 Å². The number of carbonyl (C=O) groups is 1. The monoisotopic (exact) mass is 573 g/mol. The summed E-state index contributed by atoms with van der Waals surface area (Å²) in [6.45, 7) is 3.49. The lowest BCUT2D eigenvalue weighted by atomic mass is 9.83. The summed E-state index contributed by atoms with van der Waals surface area (Å²) in [5.74, 6) is -0.00145. The van der Waals surface area contributed by atoms with E-state index in [1.54, 1.807) is 20.8 Å². The highest BCUT2D eigenvalue weighted by Crippen LogP contribution is 2.30. The van der Waals surface area contributed by atoms with E-state index in [1.807, 2.05) is 0 Å². The highest BCUT2D eigenvalue weighted by Gasteiger charge is 2.33. The minimum Gasteiger partial charge on any atom is -0.444 e. The highest BCUT2D eigenvalue weighted by atomic mass is 79.9. The number of hydrogen-bond donors (Lipinski definition) is 4. The summed E-state index contributed by atoms with van der Waals surface area (Å²) in [6.07, 6.45) is -1.96. The predicted molar refractivity (Wildman–Crippen MR) is 125 cm³/mol. The molecule has 1 fully saturated rings. The Bertz CT molecular complexity index is 948. The molecule has 1 saturated carbocycles. The Labute approximate surface area is 206 Å². The molecule has 194 valence electrons. The maximum absolute atomic E-state index is 12.4. The van der Waals surface area contributed by atoms with Crippen LogP contribution in [0.2, 0.25) is 0 Å². The molecular formula is C21H31BrF3N3O5S. The molecular weight excluding hydrogens is 543 g/mol. The third kappa shape index (κ3) is 9.23. The molecule has 0 aromatic heterocycles. The number of hydrogen-bond acceptors (Lipinski definition) is 6. The second-order valence-electron chi connectivity index (χ2n) is 9.24.